The minimum atomic E-state index is -0.776. The highest BCUT2D eigenvalue weighted by Gasteiger charge is 2.19. The van der Waals surface area contributed by atoms with Crippen molar-refractivity contribution in [2.24, 2.45) is 0 Å². The average molecular weight is 224 g/mol. The largest absolute Gasteiger partial charge is 0.394 e. The Balaban J connectivity index is 2.60. The summed E-state index contributed by atoms with van der Waals surface area (Å²) in [5, 5.41) is 18.7. The van der Waals surface area contributed by atoms with Crippen molar-refractivity contribution in [3.8, 4) is 0 Å². The van der Waals surface area contributed by atoms with Crippen molar-refractivity contribution in [1.29, 1.82) is 0 Å². The Bertz CT molecular complexity index is 496. The maximum Gasteiger partial charge on any atom is 0.149 e. The number of imidazole rings is 1. The van der Waals surface area contributed by atoms with Crippen LogP contribution in [0, 0.1) is 5.82 Å². The number of rotatable bonds is 3. The van der Waals surface area contributed by atoms with Crippen LogP contribution in [0.5, 0.6) is 0 Å². The zero-order valence-corrected chi connectivity index (χ0v) is 8.84. The number of para-hydroxylation sites is 1. The van der Waals surface area contributed by atoms with Crippen LogP contribution in [0.3, 0.4) is 0 Å². The van der Waals surface area contributed by atoms with Crippen molar-refractivity contribution in [3.63, 3.8) is 0 Å². The van der Waals surface area contributed by atoms with Gasteiger partial charge in [0.1, 0.15) is 11.3 Å². The van der Waals surface area contributed by atoms with E-state index in [1.807, 2.05) is 0 Å². The number of nitrogens with zero attached hydrogens (tertiary/aromatic N) is 2. The fourth-order valence-electron chi connectivity index (χ4n) is 1.77. The zero-order valence-electron chi connectivity index (χ0n) is 8.84. The summed E-state index contributed by atoms with van der Waals surface area (Å²) >= 11 is 0. The van der Waals surface area contributed by atoms with Crippen molar-refractivity contribution in [2.45, 2.75) is 19.1 Å². The van der Waals surface area contributed by atoms with Gasteiger partial charge in [0.2, 0.25) is 0 Å². The summed E-state index contributed by atoms with van der Waals surface area (Å²) in [6.45, 7) is 1.28. The molecule has 4 nitrogen and oxygen atoms in total. The molecular weight excluding hydrogens is 211 g/mol. The third kappa shape index (κ3) is 1.68. The van der Waals surface area contributed by atoms with E-state index in [1.165, 1.54) is 17.0 Å². The lowest BCUT2D eigenvalue weighted by molar-refractivity contribution is 0.0885. The van der Waals surface area contributed by atoms with Crippen LogP contribution in [0.2, 0.25) is 0 Å². The standard InChI is InChI=1S/C11H13FN2O2/c1-7(16)10(5-15)14-6-13-9-4-2-3-8(12)11(9)14/h2-4,6-7,10,15-16H,5H2,1H3. The fourth-order valence-corrected chi connectivity index (χ4v) is 1.77. The van der Waals surface area contributed by atoms with Gasteiger partial charge in [0.25, 0.3) is 0 Å². The molecule has 0 fully saturated rings. The molecule has 0 bridgehead atoms. The molecule has 2 rings (SSSR count). The Labute approximate surface area is 92.0 Å². The van der Waals surface area contributed by atoms with Crippen molar-refractivity contribution in [2.75, 3.05) is 6.61 Å². The molecule has 2 aromatic rings. The Morgan fingerprint density at radius 3 is 2.88 bits per heavy atom. The van der Waals surface area contributed by atoms with Gasteiger partial charge in [-0.2, -0.15) is 0 Å². The number of fused-ring (bicyclic) bond motifs is 1. The Morgan fingerprint density at radius 2 is 2.25 bits per heavy atom. The molecule has 0 saturated heterocycles. The molecule has 0 aliphatic carbocycles. The second kappa shape index (κ2) is 4.19. The summed E-state index contributed by atoms with van der Waals surface area (Å²) in [5.41, 5.74) is 0.821. The highest BCUT2D eigenvalue weighted by Crippen LogP contribution is 2.22. The summed E-state index contributed by atoms with van der Waals surface area (Å²) in [7, 11) is 0. The fraction of sp³-hybridized carbons (Fsp3) is 0.364. The van der Waals surface area contributed by atoms with E-state index in [2.05, 4.69) is 4.98 Å². The number of aliphatic hydroxyl groups is 2. The molecular formula is C11H13FN2O2. The molecule has 2 N–H and O–H groups in total. The molecule has 0 radical (unpaired) electrons. The molecule has 2 atom stereocenters. The van der Waals surface area contributed by atoms with Crippen LogP contribution in [0.4, 0.5) is 4.39 Å². The Morgan fingerprint density at radius 1 is 1.50 bits per heavy atom. The van der Waals surface area contributed by atoms with E-state index >= 15 is 0 Å². The third-order valence-corrected chi connectivity index (χ3v) is 2.65. The van der Waals surface area contributed by atoms with Gasteiger partial charge in [-0.05, 0) is 19.1 Å². The van der Waals surface area contributed by atoms with Crippen LogP contribution in [-0.2, 0) is 0 Å². The molecule has 1 aromatic carbocycles. The highest BCUT2D eigenvalue weighted by atomic mass is 19.1. The minimum absolute atomic E-state index is 0.266. The van der Waals surface area contributed by atoms with Gasteiger partial charge in [-0.1, -0.05) is 6.07 Å². The number of aliphatic hydroxyl groups excluding tert-OH is 2. The van der Waals surface area contributed by atoms with Gasteiger partial charge in [-0.25, -0.2) is 9.37 Å². The summed E-state index contributed by atoms with van der Waals surface area (Å²) in [6, 6.07) is 4.01. The number of benzene rings is 1. The van der Waals surface area contributed by atoms with E-state index < -0.39 is 18.0 Å². The lowest BCUT2D eigenvalue weighted by atomic mass is 10.2. The molecule has 16 heavy (non-hydrogen) atoms. The molecule has 0 aliphatic heterocycles. The van der Waals surface area contributed by atoms with Gasteiger partial charge in [-0.15, -0.1) is 0 Å². The molecule has 2 unspecified atom stereocenters. The molecule has 0 spiro atoms. The first-order chi connectivity index (χ1) is 7.65. The summed E-state index contributed by atoms with van der Waals surface area (Å²) in [4.78, 5) is 4.03. The maximum absolute atomic E-state index is 13.6. The van der Waals surface area contributed by atoms with Crippen LogP contribution in [-0.4, -0.2) is 32.5 Å². The first kappa shape index (κ1) is 11.0. The highest BCUT2D eigenvalue weighted by molar-refractivity contribution is 5.76. The van der Waals surface area contributed by atoms with Gasteiger partial charge in [0.15, 0.2) is 0 Å². The zero-order chi connectivity index (χ0) is 11.7. The molecule has 86 valence electrons. The van der Waals surface area contributed by atoms with E-state index in [0.29, 0.717) is 11.0 Å². The minimum Gasteiger partial charge on any atom is -0.394 e. The van der Waals surface area contributed by atoms with Crippen LogP contribution in [0.25, 0.3) is 11.0 Å². The summed E-state index contributed by atoms with van der Waals surface area (Å²) < 4.78 is 15.1. The van der Waals surface area contributed by atoms with Crippen molar-refractivity contribution >= 4 is 11.0 Å². The van der Waals surface area contributed by atoms with Crippen LogP contribution in [0.15, 0.2) is 24.5 Å². The van der Waals surface area contributed by atoms with E-state index in [4.69, 9.17) is 0 Å². The van der Waals surface area contributed by atoms with Gasteiger partial charge in [-0.3, -0.25) is 0 Å². The van der Waals surface area contributed by atoms with Gasteiger partial charge in [0, 0.05) is 0 Å². The van der Waals surface area contributed by atoms with E-state index in [9.17, 15) is 14.6 Å². The van der Waals surface area contributed by atoms with Crippen LogP contribution >= 0.6 is 0 Å². The van der Waals surface area contributed by atoms with Crippen LogP contribution < -0.4 is 0 Å². The van der Waals surface area contributed by atoms with E-state index in [0.717, 1.165) is 0 Å². The molecule has 1 heterocycles. The van der Waals surface area contributed by atoms with Crippen molar-refractivity contribution < 1.29 is 14.6 Å². The molecule has 1 aromatic heterocycles. The van der Waals surface area contributed by atoms with Crippen molar-refractivity contribution in [3.05, 3.63) is 30.3 Å². The van der Waals surface area contributed by atoms with Gasteiger partial charge in [0.05, 0.1) is 30.6 Å². The number of halogens is 1. The van der Waals surface area contributed by atoms with Crippen LogP contribution in [0.1, 0.15) is 13.0 Å². The average Bonchev–Trinajstić information content (AvgIpc) is 2.64. The predicted octanol–water partition coefficient (Wildman–Crippen LogP) is 1.09. The third-order valence-electron chi connectivity index (χ3n) is 2.65. The topological polar surface area (TPSA) is 58.3 Å². The predicted molar refractivity (Wildman–Crippen MR) is 57.5 cm³/mol. The van der Waals surface area contributed by atoms with Gasteiger partial charge >= 0.3 is 0 Å². The van der Waals surface area contributed by atoms with E-state index in [-0.39, 0.29) is 6.61 Å². The second-order valence-electron chi connectivity index (χ2n) is 3.75. The first-order valence-corrected chi connectivity index (χ1v) is 5.05. The van der Waals surface area contributed by atoms with Gasteiger partial charge < -0.3 is 14.8 Å². The first-order valence-electron chi connectivity index (χ1n) is 5.05. The number of hydrogen-bond acceptors (Lipinski definition) is 3. The SMILES string of the molecule is CC(O)C(CO)n1cnc2cccc(F)c21. The number of hydrogen-bond donors (Lipinski definition) is 2. The summed E-state index contributed by atoms with van der Waals surface area (Å²) in [5.74, 6) is -0.408. The lowest BCUT2D eigenvalue weighted by Crippen LogP contribution is -2.24. The normalized spacial score (nSPS) is 15.2. The molecule has 0 aliphatic rings. The number of aromatic nitrogens is 2. The van der Waals surface area contributed by atoms with Crippen molar-refractivity contribution in [1.82, 2.24) is 9.55 Å². The molecule has 5 heteroatoms. The monoisotopic (exact) mass is 224 g/mol. The Hall–Kier alpha value is -1.46. The quantitative estimate of drug-likeness (QED) is 0.820. The maximum atomic E-state index is 13.6. The molecule has 0 saturated carbocycles. The molecule has 0 amide bonds. The smallest absolute Gasteiger partial charge is 0.149 e. The summed E-state index contributed by atoms with van der Waals surface area (Å²) in [6.07, 6.45) is 0.656. The second-order valence-corrected chi connectivity index (χ2v) is 3.75. The van der Waals surface area contributed by atoms with E-state index in [1.54, 1.807) is 19.1 Å². The lowest BCUT2D eigenvalue weighted by Gasteiger charge is -2.19. The Kier molecular flexibility index (Phi) is 2.89.